The van der Waals surface area contributed by atoms with Crippen molar-refractivity contribution in [1.29, 1.82) is 0 Å². The molecule has 1 aromatic rings. The molecule has 0 radical (unpaired) electrons. The highest BCUT2D eigenvalue weighted by Crippen LogP contribution is 2.32. The Bertz CT molecular complexity index is 370. The third-order valence-corrected chi connectivity index (χ3v) is 4.34. The number of hydrogen-bond acceptors (Lipinski definition) is 3. The highest BCUT2D eigenvalue weighted by Gasteiger charge is 2.33. The second-order valence-corrected chi connectivity index (χ2v) is 4.69. The minimum atomic E-state index is -4.73. The lowest BCUT2D eigenvalue weighted by molar-refractivity contribution is -0.275. The maximum atomic E-state index is 12.1. The van der Waals surface area contributed by atoms with E-state index in [2.05, 4.69) is 9.72 Å². The maximum absolute atomic E-state index is 12.1. The molecule has 15 heavy (non-hydrogen) atoms. The molecule has 84 valence electrons. The summed E-state index contributed by atoms with van der Waals surface area (Å²) in [6.45, 7) is -0.0989. The Morgan fingerprint density at radius 2 is 2.00 bits per heavy atom. The number of alkyl halides is 3. The molecular formula is C7H5F3I2N2O. The Balaban J connectivity index is 3.18. The molecule has 0 unspecified atom stereocenters. The zero-order chi connectivity index (χ0) is 11.6. The fourth-order valence-corrected chi connectivity index (χ4v) is 1.79. The number of nitrogens with two attached hydrogens (primary N) is 1. The molecule has 1 rings (SSSR count). The van der Waals surface area contributed by atoms with E-state index in [4.69, 9.17) is 5.73 Å². The Morgan fingerprint density at radius 1 is 1.40 bits per heavy atom. The summed E-state index contributed by atoms with van der Waals surface area (Å²) in [6.07, 6.45) is -3.27. The molecule has 8 heteroatoms. The average molecular weight is 444 g/mol. The van der Waals surface area contributed by atoms with Gasteiger partial charge < -0.3 is 10.5 Å². The quantitative estimate of drug-likeness (QED) is 0.715. The van der Waals surface area contributed by atoms with Crippen LogP contribution in [0.3, 0.4) is 0 Å². The summed E-state index contributed by atoms with van der Waals surface area (Å²) in [7, 11) is 0. The van der Waals surface area contributed by atoms with Gasteiger partial charge in [0.05, 0.1) is 9.26 Å². The van der Waals surface area contributed by atoms with Gasteiger partial charge in [0.25, 0.3) is 0 Å². The molecule has 0 saturated heterocycles. The number of nitrogens with zero attached hydrogens (tertiary/aromatic N) is 1. The van der Waals surface area contributed by atoms with Crippen molar-refractivity contribution in [1.82, 2.24) is 4.98 Å². The fourth-order valence-electron chi connectivity index (χ4n) is 0.850. The van der Waals surface area contributed by atoms with Crippen molar-refractivity contribution in [2.24, 2.45) is 5.73 Å². The van der Waals surface area contributed by atoms with Gasteiger partial charge in [0, 0.05) is 16.3 Å². The van der Waals surface area contributed by atoms with Crippen molar-refractivity contribution >= 4 is 45.2 Å². The minimum absolute atomic E-state index is 0.0946. The van der Waals surface area contributed by atoms with Crippen LogP contribution in [0, 0.1) is 7.14 Å². The summed E-state index contributed by atoms with van der Waals surface area (Å²) in [4.78, 5) is 3.78. The summed E-state index contributed by atoms with van der Waals surface area (Å²) in [5.41, 5.74) is 5.37. The molecule has 3 nitrogen and oxygen atoms in total. The lowest BCUT2D eigenvalue weighted by atomic mass is 10.3. The first kappa shape index (κ1) is 13.2. The Labute approximate surface area is 111 Å². The highest BCUT2D eigenvalue weighted by molar-refractivity contribution is 14.1. The van der Waals surface area contributed by atoms with Gasteiger partial charge >= 0.3 is 6.36 Å². The van der Waals surface area contributed by atoms with Crippen molar-refractivity contribution in [2.45, 2.75) is 12.9 Å². The number of pyridine rings is 1. The first-order chi connectivity index (χ1) is 6.85. The van der Waals surface area contributed by atoms with Gasteiger partial charge in [-0.05, 0) is 45.2 Å². The van der Waals surface area contributed by atoms with E-state index in [9.17, 15) is 13.2 Å². The summed E-state index contributed by atoms with van der Waals surface area (Å²) in [6, 6.07) is 0. The standard InChI is InChI=1S/C7H5F3I2N2O/c8-7(9,10)15-6-4(1-13)14-2-3(11)5(6)12/h2H,1,13H2. The number of ether oxygens (including phenoxy) is 1. The van der Waals surface area contributed by atoms with Crippen LogP contribution in [0.1, 0.15) is 5.69 Å². The Hall–Kier alpha value is 0.160. The summed E-state index contributed by atoms with van der Waals surface area (Å²) >= 11 is 3.64. The normalized spacial score (nSPS) is 11.6. The largest absolute Gasteiger partial charge is 0.573 e. The van der Waals surface area contributed by atoms with Crippen molar-refractivity contribution in [3.63, 3.8) is 0 Å². The lowest BCUT2D eigenvalue weighted by Crippen LogP contribution is -2.20. The van der Waals surface area contributed by atoms with Gasteiger partial charge in [-0.25, -0.2) is 0 Å². The maximum Gasteiger partial charge on any atom is 0.573 e. The van der Waals surface area contributed by atoms with Gasteiger partial charge in [-0.15, -0.1) is 13.2 Å². The first-order valence-corrected chi connectivity index (χ1v) is 5.79. The molecule has 2 N–H and O–H groups in total. The molecule has 0 bridgehead atoms. The van der Waals surface area contributed by atoms with Crippen LogP contribution in [-0.2, 0) is 6.54 Å². The van der Waals surface area contributed by atoms with E-state index in [0.717, 1.165) is 0 Å². The van der Waals surface area contributed by atoms with Crippen LogP contribution in [-0.4, -0.2) is 11.3 Å². The van der Waals surface area contributed by atoms with Gasteiger partial charge in [0.1, 0.15) is 0 Å². The van der Waals surface area contributed by atoms with Gasteiger partial charge in [-0.1, -0.05) is 0 Å². The van der Waals surface area contributed by atoms with E-state index in [0.29, 0.717) is 7.14 Å². The van der Waals surface area contributed by atoms with Crippen LogP contribution in [0.15, 0.2) is 6.20 Å². The van der Waals surface area contributed by atoms with Crippen molar-refractivity contribution in [3.05, 3.63) is 19.0 Å². The van der Waals surface area contributed by atoms with Crippen LogP contribution in [0.2, 0.25) is 0 Å². The molecule has 0 aliphatic rings. The SMILES string of the molecule is NCc1ncc(I)c(I)c1OC(F)(F)F. The molecule has 0 aromatic carbocycles. The van der Waals surface area contributed by atoms with Crippen LogP contribution in [0.5, 0.6) is 5.75 Å². The zero-order valence-electron chi connectivity index (χ0n) is 7.11. The number of hydrogen-bond donors (Lipinski definition) is 1. The molecular weight excluding hydrogens is 439 g/mol. The molecule has 0 aliphatic heterocycles. The molecule has 0 aliphatic carbocycles. The van der Waals surface area contributed by atoms with Crippen molar-refractivity contribution in [3.8, 4) is 5.75 Å². The second-order valence-electron chi connectivity index (χ2n) is 2.45. The smallest absolute Gasteiger partial charge is 0.403 e. The summed E-state index contributed by atoms with van der Waals surface area (Å²) in [5.74, 6) is -0.308. The zero-order valence-corrected chi connectivity index (χ0v) is 11.4. The predicted octanol–water partition coefficient (Wildman–Crippen LogP) is 2.65. The van der Waals surface area contributed by atoms with E-state index >= 15 is 0 Å². The lowest BCUT2D eigenvalue weighted by Gasteiger charge is -2.14. The molecule has 0 atom stereocenters. The Kier molecular flexibility index (Phi) is 4.40. The van der Waals surface area contributed by atoms with E-state index in [1.54, 1.807) is 22.6 Å². The van der Waals surface area contributed by atoms with Gasteiger partial charge in [0.15, 0.2) is 5.75 Å². The van der Waals surface area contributed by atoms with Crippen LogP contribution < -0.4 is 10.5 Å². The predicted molar refractivity (Wildman–Crippen MR) is 64.2 cm³/mol. The fraction of sp³-hybridized carbons (Fsp3) is 0.286. The molecule has 0 fully saturated rings. The molecule has 1 heterocycles. The van der Waals surface area contributed by atoms with E-state index < -0.39 is 6.36 Å². The Morgan fingerprint density at radius 3 is 2.47 bits per heavy atom. The topological polar surface area (TPSA) is 48.1 Å². The van der Waals surface area contributed by atoms with Gasteiger partial charge in [-0.2, -0.15) is 0 Å². The third-order valence-electron chi connectivity index (χ3n) is 1.42. The highest BCUT2D eigenvalue weighted by atomic mass is 127. The summed E-state index contributed by atoms with van der Waals surface area (Å²) in [5, 5.41) is 0. The van der Waals surface area contributed by atoms with E-state index in [1.165, 1.54) is 6.20 Å². The minimum Gasteiger partial charge on any atom is -0.403 e. The van der Waals surface area contributed by atoms with E-state index in [-0.39, 0.29) is 18.0 Å². The van der Waals surface area contributed by atoms with Gasteiger partial charge in [0.2, 0.25) is 0 Å². The molecule has 0 amide bonds. The van der Waals surface area contributed by atoms with Crippen molar-refractivity contribution < 1.29 is 17.9 Å². The summed E-state index contributed by atoms with van der Waals surface area (Å²) < 4.78 is 41.0. The first-order valence-electron chi connectivity index (χ1n) is 3.64. The van der Waals surface area contributed by atoms with Crippen LogP contribution in [0.25, 0.3) is 0 Å². The van der Waals surface area contributed by atoms with Crippen molar-refractivity contribution in [2.75, 3.05) is 0 Å². The molecule has 0 spiro atoms. The molecule has 1 aromatic heterocycles. The number of halogens is 5. The second kappa shape index (κ2) is 4.99. The number of aromatic nitrogens is 1. The van der Waals surface area contributed by atoms with Crippen LogP contribution >= 0.6 is 45.2 Å². The number of rotatable bonds is 2. The molecule has 0 saturated carbocycles. The van der Waals surface area contributed by atoms with Gasteiger partial charge in [-0.3, -0.25) is 4.98 Å². The van der Waals surface area contributed by atoms with E-state index in [1.807, 2.05) is 22.6 Å². The monoisotopic (exact) mass is 444 g/mol. The third kappa shape index (κ3) is 3.59. The average Bonchev–Trinajstić information content (AvgIpc) is 2.11. The van der Waals surface area contributed by atoms with Crippen LogP contribution in [0.4, 0.5) is 13.2 Å².